The first-order chi connectivity index (χ1) is 17.7. The molecule has 198 valence electrons. The van der Waals surface area contributed by atoms with Crippen molar-refractivity contribution in [1.82, 2.24) is 24.5 Å². The van der Waals surface area contributed by atoms with Crippen LogP contribution >= 0.6 is 0 Å². The summed E-state index contributed by atoms with van der Waals surface area (Å²) in [5.74, 6) is 1.74. The quantitative estimate of drug-likeness (QED) is 0.630. The Hall–Kier alpha value is -3.49. The number of urea groups is 1. The van der Waals surface area contributed by atoms with Gasteiger partial charge in [0.05, 0.1) is 37.6 Å². The van der Waals surface area contributed by atoms with Crippen LogP contribution in [0.4, 0.5) is 4.79 Å². The standard InChI is InChI=1S/C28H37N5O4/c1-7-33-27(35)32-16-20-14-21(36-5)15-24(37-6)22(20)12-18(2)13-25(32)28(33)8-10-31(11-9-28)26(34)23-17-30(4)29-19(23)3/h13-15,17-18H,7-12,16H2,1-6H3/t18-/m1/s1. The molecule has 0 unspecified atom stereocenters. The number of likely N-dealkylation sites (N-methyl/N-ethyl adjacent to an activating group) is 1. The molecule has 3 aliphatic heterocycles. The minimum Gasteiger partial charge on any atom is -0.497 e. The van der Waals surface area contributed by atoms with E-state index >= 15 is 0 Å². The number of amides is 3. The number of aryl methyl sites for hydroxylation is 2. The normalized spacial score (nSPS) is 20.8. The number of ether oxygens (including phenoxy) is 2. The summed E-state index contributed by atoms with van der Waals surface area (Å²) in [6, 6.07) is 3.97. The smallest absolute Gasteiger partial charge is 0.325 e. The lowest BCUT2D eigenvalue weighted by Crippen LogP contribution is -2.54. The number of carbonyl (C=O) groups excluding carboxylic acids is 2. The Morgan fingerprint density at radius 1 is 1.19 bits per heavy atom. The molecule has 9 nitrogen and oxygen atoms in total. The Morgan fingerprint density at radius 2 is 1.92 bits per heavy atom. The number of carbonyl (C=O) groups is 2. The number of hydrogen-bond donors (Lipinski definition) is 0. The zero-order valence-corrected chi connectivity index (χ0v) is 22.7. The van der Waals surface area contributed by atoms with Gasteiger partial charge in [0.25, 0.3) is 5.91 Å². The van der Waals surface area contributed by atoms with Crippen molar-refractivity contribution in [2.45, 2.75) is 52.1 Å². The lowest BCUT2D eigenvalue weighted by Gasteiger charge is -2.44. The van der Waals surface area contributed by atoms with Gasteiger partial charge >= 0.3 is 6.03 Å². The van der Waals surface area contributed by atoms with Gasteiger partial charge in [0, 0.05) is 44.6 Å². The molecule has 3 amide bonds. The minimum atomic E-state index is -0.415. The Kier molecular flexibility index (Phi) is 6.41. The largest absolute Gasteiger partial charge is 0.497 e. The molecule has 1 spiro atoms. The molecule has 0 saturated carbocycles. The third-order valence-electron chi connectivity index (χ3n) is 8.21. The molecule has 2 fully saturated rings. The highest BCUT2D eigenvalue weighted by Crippen LogP contribution is 2.47. The number of piperidine rings is 1. The summed E-state index contributed by atoms with van der Waals surface area (Å²) in [4.78, 5) is 33.0. The van der Waals surface area contributed by atoms with Crippen LogP contribution in [0.3, 0.4) is 0 Å². The first-order valence-electron chi connectivity index (χ1n) is 13.1. The van der Waals surface area contributed by atoms with Crippen molar-refractivity contribution in [2.75, 3.05) is 33.9 Å². The fourth-order valence-electron chi connectivity index (χ4n) is 6.41. The molecule has 2 saturated heterocycles. The van der Waals surface area contributed by atoms with Gasteiger partial charge in [-0.1, -0.05) is 13.0 Å². The van der Waals surface area contributed by atoms with Crippen LogP contribution in [-0.2, 0) is 20.0 Å². The molecule has 2 aromatic rings. The van der Waals surface area contributed by atoms with Crippen molar-refractivity contribution in [3.8, 4) is 11.5 Å². The molecular formula is C28H37N5O4. The predicted molar refractivity (Wildman–Crippen MR) is 140 cm³/mol. The van der Waals surface area contributed by atoms with E-state index in [2.05, 4.69) is 18.1 Å². The fourth-order valence-corrected chi connectivity index (χ4v) is 6.41. The van der Waals surface area contributed by atoms with Crippen LogP contribution in [0.2, 0.25) is 0 Å². The molecular weight excluding hydrogens is 470 g/mol. The van der Waals surface area contributed by atoms with Gasteiger partial charge in [0.2, 0.25) is 0 Å². The molecule has 9 heteroatoms. The molecule has 0 radical (unpaired) electrons. The van der Waals surface area contributed by atoms with E-state index < -0.39 is 5.54 Å². The van der Waals surface area contributed by atoms with Gasteiger partial charge in [-0.3, -0.25) is 14.4 Å². The Labute approximate surface area is 218 Å². The van der Waals surface area contributed by atoms with Crippen molar-refractivity contribution in [3.63, 3.8) is 0 Å². The molecule has 3 aliphatic rings. The van der Waals surface area contributed by atoms with Crippen molar-refractivity contribution >= 4 is 11.9 Å². The van der Waals surface area contributed by atoms with Crippen LogP contribution in [0.25, 0.3) is 0 Å². The number of aromatic nitrogens is 2. The van der Waals surface area contributed by atoms with Crippen LogP contribution in [0.5, 0.6) is 11.5 Å². The summed E-state index contributed by atoms with van der Waals surface area (Å²) < 4.78 is 12.9. The average Bonchev–Trinajstić information content (AvgIpc) is 3.31. The topological polar surface area (TPSA) is 80.1 Å². The van der Waals surface area contributed by atoms with Crippen molar-refractivity contribution in [2.24, 2.45) is 13.0 Å². The minimum absolute atomic E-state index is 0.0119. The second kappa shape index (κ2) is 9.43. The zero-order valence-electron chi connectivity index (χ0n) is 22.7. The van der Waals surface area contributed by atoms with Gasteiger partial charge in [-0.05, 0) is 56.2 Å². The zero-order chi connectivity index (χ0) is 26.5. The van der Waals surface area contributed by atoms with E-state index in [-0.39, 0.29) is 17.9 Å². The van der Waals surface area contributed by atoms with Gasteiger partial charge in [0.15, 0.2) is 0 Å². The Balaban J connectivity index is 1.48. The summed E-state index contributed by atoms with van der Waals surface area (Å²) in [6.07, 6.45) is 6.31. The van der Waals surface area contributed by atoms with Crippen molar-refractivity contribution in [3.05, 3.63) is 52.5 Å². The van der Waals surface area contributed by atoms with Gasteiger partial charge in [0.1, 0.15) is 11.5 Å². The maximum absolute atomic E-state index is 13.9. The molecule has 1 aromatic carbocycles. The third kappa shape index (κ3) is 4.04. The summed E-state index contributed by atoms with van der Waals surface area (Å²) in [6.45, 7) is 8.37. The number of likely N-dealkylation sites (tertiary alicyclic amines) is 1. The second-order valence-corrected chi connectivity index (χ2v) is 10.4. The van der Waals surface area contributed by atoms with Gasteiger partial charge in [-0.25, -0.2) is 4.79 Å². The molecule has 0 N–H and O–H groups in total. The maximum Gasteiger partial charge on any atom is 0.325 e. The Bertz CT molecular complexity index is 1260. The lowest BCUT2D eigenvalue weighted by atomic mass is 9.80. The maximum atomic E-state index is 13.9. The summed E-state index contributed by atoms with van der Waals surface area (Å²) in [5, 5.41) is 4.34. The molecule has 37 heavy (non-hydrogen) atoms. The van der Waals surface area contributed by atoms with E-state index in [9.17, 15) is 9.59 Å². The molecule has 5 rings (SSSR count). The monoisotopic (exact) mass is 507 g/mol. The van der Waals surface area contributed by atoms with Gasteiger partial charge in [-0.15, -0.1) is 0 Å². The number of fused-ring (bicyclic) bond motifs is 3. The predicted octanol–water partition coefficient (Wildman–Crippen LogP) is 3.75. The van der Waals surface area contributed by atoms with E-state index in [0.717, 1.165) is 40.4 Å². The van der Waals surface area contributed by atoms with Gasteiger partial charge in [-0.2, -0.15) is 5.10 Å². The van der Waals surface area contributed by atoms with E-state index in [1.165, 1.54) is 0 Å². The van der Waals surface area contributed by atoms with Crippen LogP contribution in [0, 0.1) is 12.8 Å². The fraction of sp³-hybridized carbons (Fsp3) is 0.536. The van der Waals surface area contributed by atoms with Crippen molar-refractivity contribution in [1.29, 1.82) is 0 Å². The van der Waals surface area contributed by atoms with Crippen LogP contribution in [0.1, 0.15) is 53.9 Å². The molecule has 4 heterocycles. The molecule has 0 bridgehead atoms. The van der Waals surface area contributed by atoms with Crippen LogP contribution in [0.15, 0.2) is 30.1 Å². The lowest BCUT2D eigenvalue weighted by molar-refractivity contribution is 0.0574. The van der Waals surface area contributed by atoms with E-state index in [4.69, 9.17) is 9.47 Å². The molecule has 1 atom stereocenters. The number of methoxy groups -OCH3 is 2. The third-order valence-corrected chi connectivity index (χ3v) is 8.21. The highest BCUT2D eigenvalue weighted by molar-refractivity contribution is 5.95. The SMILES string of the molecule is CCN1C(=O)N2Cc3cc(OC)cc(OC)c3C[C@@H](C)C=C2C12CCN(C(=O)c1cn(C)nc1C)CC2. The van der Waals surface area contributed by atoms with E-state index in [1.807, 2.05) is 47.7 Å². The van der Waals surface area contributed by atoms with Crippen LogP contribution in [-0.4, -0.2) is 75.8 Å². The number of hydrogen-bond acceptors (Lipinski definition) is 5. The van der Waals surface area contributed by atoms with Gasteiger partial charge < -0.3 is 19.3 Å². The number of rotatable bonds is 4. The number of nitrogens with zero attached hydrogens (tertiary/aromatic N) is 5. The number of allylic oxidation sites excluding steroid dienone is 1. The second-order valence-electron chi connectivity index (χ2n) is 10.4. The summed E-state index contributed by atoms with van der Waals surface area (Å²) in [5.41, 5.74) is 4.22. The number of benzene rings is 1. The van der Waals surface area contributed by atoms with Crippen LogP contribution < -0.4 is 9.47 Å². The first-order valence-corrected chi connectivity index (χ1v) is 13.1. The summed E-state index contributed by atoms with van der Waals surface area (Å²) >= 11 is 0. The van der Waals surface area contributed by atoms with E-state index in [1.54, 1.807) is 25.1 Å². The summed E-state index contributed by atoms with van der Waals surface area (Å²) in [7, 11) is 5.16. The molecule has 0 aliphatic carbocycles. The van der Waals surface area contributed by atoms with Crippen molar-refractivity contribution < 1.29 is 19.1 Å². The molecule has 1 aromatic heterocycles. The highest BCUT2D eigenvalue weighted by atomic mass is 16.5. The first kappa shape index (κ1) is 25.2. The average molecular weight is 508 g/mol. The van der Waals surface area contributed by atoms with E-state index in [0.29, 0.717) is 44.6 Å². The Morgan fingerprint density at radius 3 is 2.51 bits per heavy atom. The highest BCUT2D eigenvalue weighted by Gasteiger charge is 2.55.